The fourth-order valence-corrected chi connectivity index (χ4v) is 2.20. The number of hydrogen-bond acceptors (Lipinski definition) is 3. The van der Waals surface area contributed by atoms with Crippen LogP contribution in [0.25, 0.3) is 0 Å². The van der Waals surface area contributed by atoms with Gasteiger partial charge in [-0.25, -0.2) is 0 Å². The van der Waals surface area contributed by atoms with Gasteiger partial charge in [-0.1, -0.05) is 31.2 Å². The SMILES string of the molecule is CNC(=O)C(C)CN(C)Cc1ccccc1CC(=O)O. The standard InChI is InChI=1S/C15H22N2O3/c1-11(15(20)16-2)9-17(3)10-13-7-5-4-6-12(13)8-14(18)19/h4-7,11H,8-10H2,1-3H3,(H,16,20)(H,18,19). The summed E-state index contributed by atoms with van der Waals surface area (Å²) >= 11 is 0. The van der Waals surface area contributed by atoms with Crippen molar-refractivity contribution in [3.05, 3.63) is 35.4 Å². The number of carboxylic acid groups (broad SMARTS) is 1. The fraction of sp³-hybridized carbons (Fsp3) is 0.467. The van der Waals surface area contributed by atoms with Crippen LogP contribution < -0.4 is 5.32 Å². The minimum atomic E-state index is -0.834. The Morgan fingerprint density at radius 1 is 1.30 bits per heavy atom. The Kier molecular flexibility index (Phi) is 6.18. The second-order valence-electron chi connectivity index (χ2n) is 5.05. The van der Waals surface area contributed by atoms with E-state index in [2.05, 4.69) is 5.32 Å². The fourth-order valence-electron chi connectivity index (χ4n) is 2.20. The first kappa shape index (κ1) is 16.2. The van der Waals surface area contributed by atoms with Gasteiger partial charge in [-0.15, -0.1) is 0 Å². The maximum absolute atomic E-state index is 11.5. The summed E-state index contributed by atoms with van der Waals surface area (Å²) in [5.74, 6) is -0.925. The van der Waals surface area contributed by atoms with Crippen LogP contribution in [0, 0.1) is 5.92 Å². The Morgan fingerprint density at radius 2 is 1.90 bits per heavy atom. The Labute approximate surface area is 119 Å². The molecule has 0 spiro atoms. The van der Waals surface area contributed by atoms with Crippen molar-refractivity contribution >= 4 is 11.9 Å². The highest BCUT2D eigenvalue weighted by molar-refractivity contribution is 5.78. The lowest BCUT2D eigenvalue weighted by atomic mass is 10.0. The third-order valence-corrected chi connectivity index (χ3v) is 3.18. The lowest BCUT2D eigenvalue weighted by Gasteiger charge is -2.21. The first-order chi connectivity index (χ1) is 9.43. The van der Waals surface area contributed by atoms with Gasteiger partial charge in [0.2, 0.25) is 5.91 Å². The quantitative estimate of drug-likeness (QED) is 0.784. The molecule has 0 bridgehead atoms. The van der Waals surface area contributed by atoms with Crippen molar-refractivity contribution in [3.63, 3.8) is 0 Å². The zero-order valence-corrected chi connectivity index (χ0v) is 12.2. The molecule has 0 aliphatic carbocycles. The lowest BCUT2D eigenvalue weighted by Crippen LogP contribution is -2.34. The van der Waals surface area contributed by atoms with Crippen LogP contribution in [0.4, 0.5) is 0 Å². The van der Waals surface area contributed by atoms with Gasteiger partial charge < -0.3 is 15.3 Å². The van der Waals surface area contributed by atoms with Crippen LogP contribution in [0.15, 0.2) is 24.3 Å². The molecule has 0 heterocycles. The predicted octanol–water partition coefficient (Wildman–Crippen LogP) is 1.13. The van der Waals surface area contributed by atoms with Crippen molar-refractivity contribution in [2.24, 2.45) is 5.92 Å². The molecule has 0 aliphatic rings. The number of rotatable bonds is 7. The van der Waals surface area contributed by atoms with Gasteiger partial charge in [-0.3, -0.25) is 9.59 Å². The van der Waals surface area contributed by atoms with E-state index in [-0.39, 0.29) is 18.2 Å². The van der Waals surface area contributed by atoms with Crippen LogP contribution in [0.5, 0.6) is 0 Å². The Bertz CT molecular complexity index is 474. The average Bonchev–Trinajstić information content (AvgIpc) is 2.39. The molecular weight excluding hydrogens is 256 g/mol. The van der Waals surface area contributed by atoms with Gasteiger partial charge >= 0.3 is 5.97 Å². The van der Waals surface area contributed by atoms with E-state index >= 15 is 0 Å². The van der Waals surface area contributed by atoms with E-state index in [0.717, 1.165) is 11.1 Å². The van der Waals surface area contributed by atoms with Crippen molar-refractivity contribution in [3.8, 4) is 0 Å². The molecule has 1 amide bonds. The van der Waals surface area contributed by atoms with Gasteiger partial charge in [-0.2, -0.15) is 0 Å². The Balaban J connectivity index is 2.68. The summed E-state index contributed by atoms with van der Waals surface area (Å²) in [4.78, 5) is 24.4. The highest BCUT2D eigenvalue weighted by Gasteiger charge is 2.15. The second-order valence-corrected chi connectivity index (χ2v) is 5.05. The third kappa shape index (κ3) is 5.01. The minimum absolute atomic E-state index is 0.00988. The summed E-state index contributed by atoms with van der Waals surface area (Å²) < 4.78 is 0. The van der Waals surface area contributed by atoms with Crippen molar-refractivity contribution in [1.29, 1.82) is 0 Å². The van der Waals surface area contributed by atoms with Crippen LogP contribution in [-0.4, -0.2) is 42.5 Å². The van der Waals surface area contributed by atoms with Crippen molar-refractivity contribution in [2.75, 3.05) is 20.6 Å². The van der Waals surface area contributed by atoms with E-state index in [4.69, 9.17) is 5.11 Å². The molecule has 0 saturated heterocycles. The number of aliphatic carboxylic acids is 1. The molecule has 2 N–H and O–H groups in total. The molecule has 5 heteroatoms. The van der Waals surface area contributed by atoms with Gasteiger partial charge in [0.1, 0.15) is 0 Å². The highest BCUT2D eigenvalue weighted by Crippen LogP contribution is 2.13. The highest BCUT2D eigenvalue weighted by atomic mass is 16.4. The number of nitrogens with zero attached hydrogens (tertiary/aromatic N) is 1. The van der Waals surface area contributed by atoms with Crippen LogP contribution in [0.3, 0.4) is 0 Å². The van der Waals surface area contributed by atoms with Crippen molar-refractivity contribution in [2.45, 2.75) is 19.9 Å². The molecule has 1 aromatic rings. The Morgan fingerprint density at radius 3 is 2.45 bits per heavy atom. The van der Waals surface area contributed by atoms with Gasteiger partial charge in [-0.05, 0) is 18.2 Å². The lowest BCUT2D eigenvalue weighted by molar-refractivity contribution is -0.136. The number of benzene rings is 1. The minimum Gasteiger partial charge on any atom is -0.481 e. The van der Waals surface area contributed by atoms with E-state index in [1.54, 1.807) is 7.05 Å². The summed E-state index contributed by atoms with van der Waals surface area (Å²) in [5.41, 5.74) is 1.81. The number of carbonyl (C=O) groups is 2. The average molecular weight is 278 g/mol. The largest absolute Gasteiger partial charge is 0.481 e. The second kappa shape index (κ2) is 7.65. The van der Waals surface area contributed by atoms with Gasteiger partial charge in [0, 0.05) is 26.1 Å². The summed E-state index contributed by atoms with van der Waals surface area (Å²) in [6, 6.07) is 7.50. The number of nitrogens with one attached hydrogen (secondary N) is 1. The molecule has 1 rings (SSSR count). The zero-order valence-electron chi connectivity index (χ0n) is 12.2. The topological polar surface area (TPSA) is 69.6 Å². The molecule has 0 fully saturated rings. The number of hydrogen-bond donors (Lipinski definition) is 2. The summed E-state index contributed by atoms with van der Waals surface area (Å²) in [7, 11) is 3.55. The van der Waals surface area contributed by atoms with E-state index in [0.29, 0.717) is 13.1 Å². The molecule has 1 aromatic carbocycles. The molecule has 20 heavy (non-hydrogen) atoms. The first-order valence-corrected chi connectivity index (χ1v) is 6.62. The molecule has 0 radical (unpaired) electrons. The molecule has 0 saturated carbocycles. The van der Waals surface area contributed by atoms with Gasteiger partial charge in [0.15, 0.2) is 0 Å². The van der Waals surface area contributed by atoms with E-state index in [1.807, 2.05) is 43.1 Å². The maximum atomic E-state index is 11.5. The third-order valence-electron chi connectivity index (χ3n) is 3.18. The van der Waals surface area contributed by atoms with Gasteiger partial charge in [0.05, 0.1) is 6.42 Å². The van der Waals surface area contributed by atoms with Crippen LogP contribution >= 0.6 is 0 Å². The maximum Gasteiger partial charge on any atom is 0.307 e. The molecule has 1 unspecified atom stereocenters. The van der Waals surface area contributed by atoms with Crippen molar-refractivity contribution < 1.29 is 14.7 Å². The van der Waals surface area contributed by atoms with Gasteiger partial charge in [0.25, 0.3) is 0 Å². The smallest absolute Gasteiger partial charge is 0.307 e. The first-order valence-electron chi connectivity index (χ1n) is 6.62. The molecule has 5 nitrogen and oxygen atoms in total. The van der Waals surface area contributed by atoms with Crippen LogP contribution in [0.1, 0.15) is 18.1 Å². The molecule has 1 atom stereocenters. The van der Waals surface area contributed by atoms with Crippen molar-refractivity contribution in [1.82, 2.24) is 10.2 Å². The summed E-state index contributed by atoms with van der Waals surface area (Å²) in [6.45, 7) is 3.13. The van der Waals surface area contributed by atoms with Crippen LogP contribution in [0.2, 0.25) is 0 Å². The number of carboxylic acids is 1. The number of carbonyl (C=O) groups excluding carboxylic acids is 1. The van der Waals surface area contributed by atoms with Crippen LogP contribution in [-0.2, 0) is 22.6 Å². The van der Waals surface area contributed by atoms with E-state index in [1.165, 1.54) is 0 Å². The molecule has 110 valence electrons. The molecule has 0 aromatic heterocycles. The predicted molar refractivity (Wildman–Crippen MR) is 77.3 cm³/mol. The monoisotopic (exact) mass is 278 g/mol. The normalized spacial score (nSPS) is 12.2. The molecular formula is C15H22N2O3. The summed E-state index contributed by atoms with van der Waals surface area (Å²) in [5, 5.41) is 11.5. The molecule has 0 aliphatic heterocycles. The Hall–Kier alpha value is -1.88. The van der Waals surface area contributed by atoms with E-state index in [9.17, 15) is 9.59 Å². The summed E-state index contributed by atoms with van der Waals surface area (Å²) in [6.07, 6.45) is 0.0228. The number of amides is 1. The zero-order chi connectivity index (χ0) is 15.1. The van der Waals surface area contributed by atoms with E-state index < -0.39 is 5.97 Å².